The number of amides is 2. The Bertz CT molecular complexity index is 993. The summed E-state index contributed by atoms with van der Waals surface area (Å²) in [5.41, 5.74) is 2.55. The molecule has 9 heteroatoms. The molecule has 2 unspecified atom stereocenters. The number of pyridine rings is 1. The third-order valence-corrected chi connectivity index (χ3v) is 8.54. The molecule has 1 aromatic rings. The van der Waals surface area contributed by atoms with E-state index >= 15 is 0 Å². The van der Waals surface area contributed by atoms with Crippen molar-refractivity contribution < 1.29 is 19.1 Å². The van der Waals surface area contributed by atoms with Crippen LogP contribution in [0.15, 0.2) is 12.3 Å². The van der Waals surface area contributed by atoms with Crippen LogP contribution in [-0.4, -0.2) is 97.3 Å². The van der Waals surface area contributed by atoms with E-state index in [0.717, 1.165) is 18.5 Å². The summed E-state index contributed by atoms with van der Waals surface area (Å²) in [7, 11) is 1.75. The van der Waals surface area contributed by atoms with Crippen molar-refractivity contribution in [1.82, 2.24) is 20.1 Å². The van der Waals surface area contributed by atoms with E-state index in [2.05, 4.69) is 30.5 Å². The van der Waals surface area contributed by atoms with Gasteiger partial charge in [-0.1, -0.05) is 13.8 Å². The number of methoxy groups -OCH3 is 1. The summed E-state index contributed by atoms with van der Waals surface area (Å²) in [6, 6.07) is 2.45. The number of anilines is 1. The summed E-state index contributed by atoms with van der Waals surface area (Å²) in [5, 5.41) is 7.09. The van der Waals surface area contributed by atoms with E-state index in [9.17, 15) is 9.59 Å². The van der Waals surface area contributed by atoms with E-state index in [1.165, 1.54) is 18.4 Å². The Labute approximate surface area is 227 Å². The Morgan fingerprint density at radius 3 is 2.74 bits per heavy atom. The van der Waals surface area contributed by atoms with Gasteiger partial charge in [0.2, 0.25) is 5.91 Å². The highest BCUT2D eigenvalue weighted by molar-refractivity contribution is 5.98. The van der Waals surface area contributed by atoms with E-state index in [1.807, 2.05) is 22.9 Å². The molecule has 4 aliphatic rings. The minimum Gasteiger partial charge on any atom is -0.381 e. The third-order valence-electron chi connectivity index (χ3n) is 8.54. The minimum absolute atomic E-state index is 0.0502. The molecule has 0 radical (unpaired) electrons. The standard InChI is InChI=1S/C29H45N5O4/c1-18(2)16-34(24-9-22(13-30-15-24)28(35)33-7-8-38-17-19(33)3)29(36)27-26(32-23-11-25(12-23)37-4)10-21(14-31-27)20-5-6-20/h10,14,18-20,22-25,30,32H,5-9,11-13,15-17H2,1-4H3/t19-,22?,23?,24?,25?/m0/s1. The molecule has 9 nitrogen and oxygen atoms in total. The molecule has 1 aromatic heterocycles. The van der Waals surface area contributed by atoms with E-state index in [1.54, 1.807) is 7.11 Å². The average molecular weight is 528 g/mol. The minimum atomic E-state index is -0.152. The predicted octanol–water partition coefficient (Wildman–Crippen LogP) is 2.87. The van der Waals surface area contributed by atoms with Crippen LogP contribution in [0.25, 0.3) is 0 Å². The number of nitrogens with zero attached hydrogens (tertiary/aromatic N) is 3. The van der Waals surface area contributed by atoms with Crippen LogP contribution in [0.2, 0.25) is 0 Å². The number of aromatic nitrogens is 1. The third kappa shape index (κ3) is 6.15. The molecule has 0 bridgehead atoms. The molecule has 2 saturated carbocycles. The van der Waals surface area contributed by atoms with Crippen LogP contribution in [0.5, 0.6) is 0 Å². The summed E-state index contributed by atoms with van der Waals surface area (Å²) in [4.78, 5) is 36.3. The first-order chi connectivity index (χ1) is 18.3. The van der Waals surface area contributed by atoms with Crippen molar-refractivity contribution in [3.63, 3.8) is 0 Å². The fourth-order valence-electron chi connectivity index (χ4n) is 6.06. The van der Waals surface area contributed by atoms with Crippen molar-refractivity contribution in [2.75, 3.05) is 51.8 Å². The maximum Gasteiger partial charge on any atom is 0.274 e. The van der Waals surface area contributed by atoms with Gasteiger partial charge in [-0.2, -0.15) is 0 Å². The van der Waals surface area contributed by atoms with Gasteiger partial charge in [-0.25, -0.2) is 4.98 Å². The number of piperidine rings is 1. The number of rotatable bonds is 9. The Morgan fingerprint density at radius 1 is 1.26 bits per heavy atom. The number of carbonyl (C=O) groups is 2. The van der Waals surface area contributed by atoms with Crippen molar-refractivity contribution in [3.8, 4) is 0 Å². The summed E-state index contributed by atoms with van der Waals surface area (Å²) in [5.74, 6) is 0.822. The van der Waals surface area contributed by atoms with E-state index in [0.29, 0.717) is 63.3 Å². The van der Waals surface area contributed by atoms with Gasteiger partial charge in [0.15, 0.2) is 5.69 Å². The molecule has 210 valence electrons. The molecule has 0 aromatic carbocycles. The largest absolute Gasteiger partial charge is 0.381 e. The van der Waals surface area contributed by atoms with Gasteiger partial charge >= 0.3 is 0 Å². The maximum absolute atomic E-state index is 14.2. The lowest BCUT2D eigenvalue weighted by atomic mass is 9.89. The normalized spacial score (nSPS) is 29.6. The average Bonchev–Trinajstić information content (AvgIpc) is 3.74. The van der Waals surface area contributed by atoms with E-state index in [4.69, 9.17) is 14.5 Å². The van der Waals surface area contributed by atoms with Gasteiger partial charge in [0, 0.05) is 51.6 Å². The van der Waals surface area contributed by atoms with Gasteiger partial charge in [-0.15, -0.1) is 0 Å². The van der Waals surface area contributed by atoms with Crippen LogP contribution >= 0.6 is 0 Å². The molecular formula is C29H45N5O4. The lowest BCUT2D eigenvalue weighted by Crippen LogP contribution is -2.57. The Kier molecular flexibility index (Phi) is 8.55. The molecule has 2 N–H and O–H groups in total. The van der Waals surface area contributed by atoms with Gasteiger partial charge in [-0.3, -0.25) is 9.59 Å². The van der Waals surface area contributed by atoms with Crippen molar-refractivity contribution in [3.05, 3.63) is 23.5 Å². The first-order valence-corrected chi connectivity index (χ1v) is 14.5. The van der Waals surface area contributed by atoms with Crippen LogP contribution in [-0.2, 0) is 14.3 Å². The lowest BCUT2D eigenvalue weighted by Gasteiger charge is -2.41. The van der Waals surface area contributed by atoms with Crippen molar-refractivity contribution in [2.45, 2.75) is 83.0 Å². The zero-order chi connectivity index (χ0) is 26.8. The van der Waals surface area contributed by atoms with Gasteiger partial charge in [0.1, 0.15) is 0 Å². The fourth-order valence-corrected chi connectivity index (χ4v) is 6.06. The van der Waals surface area contributed by atoms with Crippen LogP contribution < -0.4 is 10.6 Å². The van der Waals surface area contributed by atoms with Gasteiger partial charge in [0.25, 0.3) is 5.91 Å². The molecule has 38 heavy (non-hydrogen) atoms. The molecular weight excluding hydrogens is 482 g/mol. The predicted molar refractivity (Wildman–Crippen MR) is 146 cm³/mol. The zero-order valence-electron chi connectivity index (χ0n) is 23.4. The zero-order valence-corrected chi connectivity index (χ0v) is 23.4. The second-order valence-corrected chi connectivity index (χ2v) is 12.2. The Hall–Kier alpha value is -2.23. The summed E-state index contributed by atoms with van der Waals surface area (Å²) >= 11 is 0. The molecule has 4 fully saturated rings. The number of nitrogens with one attached hydrogen (secondary N) is 2. The number of carbonyl (C=O) groups excluding carboxylic acids is 2. The van der Waals surface area contributed by atoms with Crippen molar-refractivity contribution >= 4 is 17.5 Å². The van der Waals surface area contributed by atoms with Crippen molar-refractivity contribution in [1.29, 1.82) is 0 Å². The first-order valence-electron chi connectivity index (χ1n) is 14.5. The van der Waals surface area contributed by atoms with Crippen LogP contribution in [0, 0.1) is 11.8 Å². The van der Waals surface area contributed by atoms with E-state index in [-0.39, 0.29) is 42.0 Å². The van der Waals surface area contributed by atoms with Gasteiger partial charge < -0.3 is 29.9 Å². The monoisotopic (exact) mass is 527 g/mol. The summed E-state index contributed by atoms with van der Waals surface area (Å²) in [6.07, 6.45) is 7.08. The van der Waals surface area contributed by atoms with Crippen molar-refractivity contribution in [2.24, 2.45) is 11.8 Å². The molecule has 2 saturated heterocycles. The van der Waals surface area contributed by atoms with Gasteiger partial charge in [0.05, 0.1) is 37.0 Å². The number of morpholine rings is 1. The molecule has 5 rings (SSSR count). The second-order valence-electron chi connectivity index (χ2n) is 12.2. The quantitative estimate of drug-likeness (QED) is 0.510. The van der Waals surface area contributed by atoms with Crippen LogP contribution in [0.4, 0.5) is 5.69 Å². The van der Waals surface area contributed by atoms with Crippen LogP contribution in [0.1, 0.15) is 74.8 Å². The first kappa shape index (κ1) is 27.3. The Balaban J connectivity index is 1.35. The fraction of sp³-hybridized carbons (Fsp3) is 0.759. The maximum atomic E-state index is 14.2. The van der Waals surface area contributed by atoms with E-state index < -0.39 is 0 Å². The number of hydrogen-bond acceptors (Lipinski definition) is 7. The SMILES string of the molecule is COC1CC(Nc2cc(C3CC3)cnc2C(=O)N(CC(C)C)C2CNCC(C(=O)N3CCOC[C@@H]3C)C2)C1. The molecule has 2 aliphatic heterocycles. The second kappa shape index (κ2) is 11.9. The van der Waals surface area contributed by atoms with Crippen LogP contribution in [0.3, 0.4) is 0 Å². The summed E-state index contributed by atoms with van der Waals surface area (Å²) in [6.45, 7) is 10.1. The topological polar surface area (TPSA) is 96.0 Å². The molecule has 3 heterocycles. The molecule has 2 amide bonds. The Morgan fingerprint density at radius 2 is 2.05 bits per heavy atom. The smallest absolute Gasteiger partial charge is 0.274 e. The molecule has 2 aliphatic carbocycles. The molecule has 3 atom stereocenters. The highest BCUT2D eigenvalue weighted by Crippen LogP contribution is 2.41. The highest BCUT2D eigenvalue weighted by Gasteiger charge is 2.38. The van der Waals surface area contributed by atoms with Gasteiger partial charge in [-0.05, 0) is 62.5 Å². The molecule has 0 spiro atoms. The number of hydrogen-bond donors (Lipinski definition) is 2. The number of ether oxygens (including phenoxy) is 2. The highest BCUT2D eigenvalue weighted by atomic mass is 16.5. The summed E-state index contributed by atoms with van der Waals surface area (Å²) < 4.78 is 11.0. The lowest BCUT2D eigenvalue weighted by molar-refractivity contribution is -0.144.